The summed E-state index contributed by atoms with van der Waals surface area (Å²) in [5.41, 5.74) is 2.96. The summed E-state index contributed by atoms with van der Waals surface area (Å²) in [5.74, 6) is -0.426. The second-order valence-corrected chi connectivity index (χ2v) is 9.49. The molecular formula is C19H24BrN3O4S. The molecule has 1 atom stereocenters. The van der Waals surface area contributed by atoms with Gasteiger partial charge in [-0.2, -0.15) is 4.31 Å². The first-order chi connectivity index (χ1) is 13.3. The number of aromatic nitrogens is 1. The van der Waals surface area contributed by atoms with E-state index in [1.54, 1.807) is 36.7 Å². The molecule has 1 aromatic carbocycles. The van der Waals surface area contributed by atoms with Gasteiger partial charge in [-0.15, -0.1) is 0 Å². The van der Waals surface area contributed by atoms with Crippen LogP contribution in [-0.2, 0) is 26.2 Å². The van der Waals surface area contributed by atoms with Crippen molar-refractivity contribution in [2.45, 2.75) is 37.8 Å². The monoisotopic (exact) mass is 468 g/mol. The normalized spacial score (nSPS) is 12.9. The van der Waals surface area contributed by atoms with Crippen LogP contribution in [0.25, 0.3) is 0 Å². The predicted molar refractivity (Wildman–Crippen MR) is 110 cm³/mol. The van der Waals surface area contributed by atoms with E-state index in [1.165, 1.54) is 23.5 Å². The zero-order valence-electron chi connectivity index (χ0n) is 16.0. The summed E-state index contributed by atoms with van der Waals surface area (Å²) < 4.78 is 28.9. The van der Waals surface area contributed by atoms with Gasteiger partial charge in [0.15, 0.2) is 0 Å². The van der Waals surface area contributed by atoms with Crippen molar-refractivity contribution in [2.75, 3.05) is 7.11 Å². The molecule has 0 saturated heterocycles. The highest BCUT2D eigenvalue weighted by Crippen LogP contribution is 2.25. The summed E-state index contributed by atoms with van der Waals surface area (Å²) in [6.07, 6.45) is 3.54. The van der Waals surface area contributed by atoms with E-state index in [0.29, 0.717) is 12.0 Å². The number of rotatable bonds is 9. The van der Waals surface area contributed by atoms with Crippen molar-refractivity contribution in [3.8, 4) is 0 Å². The van der Waals surface area contributed by atoms with Crippen LogP contribution in [0.5, 0.6) is 0 Å². The van der Waals surface area contributed by atoms with Gasteiger partial charge in [0.2, 0.25) is 10.0 Å². The first kappa shape index (κ1) is 22.5. The van der Waals surface area contributed by atoms with Crippen LogP contribution in [-0.4, -0.2) is 36.8 Å². The molecule has 9 heteroatoms. The van der Waals surface area contributed by atoms with Crippen LogP contribution in [0.3, 0.4) is 0 Å². The summed E-state index contributed by atoms with van der Waals surface area (Å²) in [5, 5.41) is 0. The molecule has 1 amide bonds. The van der Waals surface area contributed by atoms with Gasteiger partial charge in [-0.1, -0.05) is 35.8 Å². The molecule has 7 nitrogen and oxygen atoms in total. The van der Waals surface area contributed by atoms with E-state index in [-0.39, 0.29) is 17.4 Å². The van der Waals surface area contributed by atoms with E-state index in [0.717, 1.165) is 4.47 Å². The summed E-state index contributed by atoms with van der Waals surface area (Å²) in [6.45, 7) is 3.88. The Morgan fingerprint density at radius 3 is 2.46 bits per heavy atom. The number of amides is 1. The smallest absolute Gasteiger partial charge is 0.261 e. The van der Waals surface area contributed by atoms with Gasteiger partial charge < -0.3 is 0 Å². The van der Waals surface area contributed by atoms with Crippen LogP contribution >= 0.6 is 15.9 Å². The van der Waals surface area contributed by atoms with Crippen LogP contribution in [0.4, 0.5) is 0 Å². The van der Waals surface area contributed by atoms with Crippen molar-refractivity contribution in [1.29, 1.82) is 0 Å². The van der Waals surface area contributed by atoms with Gasteiger partial charge in [-0.3, -0.25) is 14.6 Å². The van der Waals surface area contributed by atoms with Crippen molar-refractivity contribution >= 4 is 31.9 Å². The third-order valence-electron chi connectivity index (χ3n) is 4.03. The third kappa shape index (κ3) is 5.84. The number of nitrogens with zero attached hydrogens (tertiary/aromatic N) is 2. The molecule has 1 aromatic heterocycles. The Morgan fingerprint density at radius 1 is 1.25 bits per heavy atom. The number of nitrogens with one attached hydrogen (secondary N) is 1. The van der Waals surface area contributed by atoms with Gasteiger partial charge in [0, 0.05) is 23.4 Å². The summed E-state index contributed by atoms with van der Waals surface area (Å²) in [4.78, 5) is 21.6. The van der Waals surface area contributed by atoms with Gasteiger partial charge >= 0.3 is 0 Å². The lowest BCUT2D eigenvalue weighted by Gasteiger charge is -2.31. The first-order valence-electron chi connectivity index (χ1n) is 8.75. The minimum atomic E-state index is -3.96. The number of hydrogen-bond donors (Lipinski definition) is 1. The van der Waals surface area contributed by atoms with Crippen LogP contribution in [0.2, 0.25) is 0 Å². The molecule has 28 heavy (non-hydrogen) atoms. The van der Waals surface area contributed by atoms with Crippen molar-refractivity contribution < 1.29 is 18.0 Å². The summed E-state index contributed by atoms with van der Waals surface area (Å²) in [6, 6.07) is 8.90. The highest BCUT2D eigenvalue weighted by Gasteiger charge is 2.36. The van der Waals surface area contributed by atoms with Crippen LogP contribution in [0.15, 0.2) is 58.2 Å². The molecule has 0 unspecified atom stereocenters. The fraction of sp³-hybridized carbons (Fsp3) is 0.368. The van der Waals surface area contributed by atoms with Gasteiger partial charge in [0.1, 0.15) is 6.04 Å². The van der Waals surface area contributed by atoms with Crippen molar-refractivity contribution in [3.05, 3.63) is 58.8 Å². The third-order valence-corrected chi connectivity index (χ3v) is 6.43. The van der Waals surface area contributed by atoms with Crippen LogP contribution < -0.4 is 5.48 Å². The molecule has 0 bridgehead atoms. The number of carbonyl (C=O) groups is 1. The maximum absolute atomic E-state index is 13.4. The Labute approximate surface area is 174 Å². The Hall–Kier alpha value is -1.81. The van der Waals surface area contributed by atoms with Gasteiger partial charge in [0.05, 0.1) is 12.0 Å². The fourth-order valence-corrected chi connectivity index (χ4v) is 4.60. The summed E-state index contributed by atoms with van der Waals surface area (Å²) >= 11 is 3.31. The van der Waals surface area contributed by atoms with Crippen molar-refractivity contribution in [2.24, 2.45) is 5.92 Å². The topological polar surface area (TPSA) is 88.6 Å². The average Bonchev–Trinajstić information content (AvgIpc) is 2.65. The van der Waals surface area contributed by atoms with E-state index in [2.05, 4.69) is 26.4 Å². The van der Waals surface area contributed by atoms with E-state index in [4.69, 9.17) is 4.84 Å². The number of hydrogen-bond acceptors (Lipinski definition) is 5. The molecule has 1 heterocycles. The lowest BCUT2D eigenvalue weighted by molar-refractivity contribution is -0.136. The number of sulfonamides is 1. The first-order valence-corrected chi connectivity index (χ1v) is 11.0. The average molecular weight is 469 g/mol. The Morgan fingerprint density at radius 2 is 1.93 bits per heavy atom. The predicted octanol–water partition coefficient (Wildman–Crippen LogP) is 3.13. The second-order valence-electron chi connectivity index (χ2n) is 6.68. The molecule has 0 fully saturated rings. The molecule has 0 aliphatic rings. The minimum absolute atomic E-state index is 0.0146. The fourth-order valence-electron chi connectivity index (χ4n) is 2.75. The molecular weight excluding hydrogens is 445 g/mol. The van der Waals surface area contributed by atoms with E-state index in [9.17, 15) is 13.2 Å². The van der Waals surface area contributed by atoms with E-state index in [1.807, 2.05) is 13.8 Å². The SMILES string of the molecule is CC(C)C[C@H](C(=O)NO[11CH3])N(Cc1cccnc1)S(=O)(=O)c1ccc(Br)cc1. The van der Waals surface area contributed by atoms with Crippen LogP contribution in [0.1, 0.15) is 25.8 Å². The molecule has 1 N–H and O–H groups in total. The largest absolute Gasteiger partial charge is 0.277 e. The van der Waals surface area contributed by atoms with Gasteiger partial charge in [0.25, 0.3) is 5.91 Å². The minimum Gasteiger partial charge on any atom is -0.277 e. The highest BCUT2D eigenvalue weighted by molar-refractivity contribution is 9.10. The second kappa shape index (κ2) is 10.1. The quantitative estimate of drug-likeness (QED) is 0.571. The molecule has 0 radical (unpaired) electrons. The molecule has 0 aliphatic heterocycles. The molecule has 2 rings (SSSR count). The number of pyridine rings is 1. The molecule has 2 aromatic rings. The van der Waals surface area contributed by atoms with E-state index < -0.39 is 22.0 Å². The number of benzene rings is 1. The standard InChI is InChI=1S/C19H24BrN3O4S/c1-14(2)11-18(19(24)22-27-3)23(13-15-5-4-10-21-12-15)28(25,26)17-8-6-16(20)7-9-17/h4-10,12,14,18H,11,13H2,1-3H3,(H,22,24)/t18-/m1/s1/i3-1. The lowest BCUT2D eigenvalue weighted by Crippen LogP contribution is -2.49. The number of halogens is 1. The maximum Gasteiger partial charge on any atom is 0.261 e. The van der Waals surface area contributed by atoms with E-state index >= 15 is 0 Å². The highest BCUT2D eigenvalue weighted by atomic mass is 79.9. The number of hydroxylamine groups is 1. The Bertz CT molecular complexity index is 874. The zero-order chi connectivity index (χ0) is 20.7. The van der Waals surface area contributed by atoms with Gasteiger partial charge in [-0.25, -0.2) is 13.9 Å². The maximum atomic E-state index is 13.4. The zero-order valence-corrected chi connectivity index (χ0v) is 18.4. The number of carbonyl (C=O) groups excluding carboxylic acids is 1. The van der Waals surface area contributed by atoms with Crippen LogP contribution in [0, 0.1) is 5.92 Å². The molecule has 0 aliphatic carbocycles. The molecule has 0 saturated carbocycles. The van der Waals surface area contributed by atoms with Gasteiger partial charge in [-0.05, 0) is 48.2 Å². The Kier molecular flexibility index (Phi) is 8.11. The van der Waals surface area contributed by atoms with Crippen molar-refractivity contribution in [1.82, 2.24) is 14.8 Å². The lowest BCUT2D eigenvalue weighted by atomic mass is 10.0. The molecule has 0 spiro atoms. The Balaban J connectivity index is 2.52. The summed E-state index contributed by atoms with van der Waals surface area (Å²) in [7, 11) is -2.64. The molecule has 152 valence electrons. The van der Waals surface area contributed by atoms with Crippen molar-refractivity contribution in [3.63, 3.8) is 0 Å².